The van der Waals surface area contributed by atoms with Crippen molar-refractivity contribution < 1.29 is 22.5 Å². The van der Waals surface area contributed by atoms with Crippen molar-refractivity contribution in [1.29, 1.82) is 0 Å². The zero-order valence-corrected chi connectivity index (χ0v) is 18.5. The maximum Gasteiger partial charge on any atom is 0.301 e. The number of quaternary nitrogens is 1. The van der Waals surface area contributed by atoms with E-state index in [1.54, 1.807) is 18.6 Å². The van der Waals surface area contributed by atoms with Crippen LogP contribution in [-0.2, 0) is 20.3 Å². The maximum absolute atomic E-state index is 12.2. The molecule has 1 unspecified atom stereocenters. The van der Waals surface area contributed by atoms with E-state index in [1.807, 2.05) is 37.1 Å². The molecule has 1 atom stereocenters. The fourth-order valence-electron chi connectivity index (χ4n) is 4.47. The number of nitrogens with one attached hydrogen (secondary N) is 2. The molecule has 168 valence electrons. The summed E-state index contributed by atoms with van der Waals surface area (Å²) in [6, 6.07) is 5.65. The Kier molecular flexibility index (Phi) is 4.60. The van der Waals surface area contributed by atoms with Crippen LogP contribution in [0.3, 0.4) is 0 Å². The zero-order chi connectivity index (χ0) is 22.7. The summed E-state index contributed by atoms with van der Waals surface area (Å²) in [7, 11) is -4.06. The topological polar surface area (TPSA) is 136 Å². The molecule has 0 aromatic heterocycles. The number of carbonyl (C=O) groups excluding carboxylic acids is 1. The van der Waals surface area contributed by atoms with Gasteiger partial charge in [-0.25, -0.2) is 0 Å². The molecule has 12 heteroatoms. The molecule has 4 aliphatic rings. The normalized spacial score (nSPS) is 26.9. The van der Waals surface area contributed by atoms with E-state index in [0.717, 1.165) is 16.9 Å². The minimum absolute atomic E-state index is 0.0422. The van der Waals surface area contributed by atoms with Crippen LogP contribution in [0.4, 0.5) is 11.4 Å². The molecule has 0 saturated carbocycles. The van der Waals surface area contributed by atoms with Crippen LogP contribution in [0, 0.1) is 0 Å². The molecule has 5 rings (SSSR count). The number of amides is 1. The lowest BCUT2D eigenvalue weighted by Crippen LogP contribution is -2.59. The molecule has 1 aromatic carbocycles. The van der Waals surface area contributed by atoms with Gasteiger partial charge in [-0.05, 0) is 54.2 Å². The SMILES string of the molecule is CC1(C)C(=O)Nc2cc(NC3=N[N+]4(N5CCC(S(=O)(=O)O)CC5)C=CN=CC4=N3)ccc21. The van der Waals surface area contributed by atoms with Gasteiger partial charge in [0.2, 0.25) is 5.91 Å². The number of hydrogen-bond acceptors (Lipinski definition) is 8. The van der Waals surface area contributed by atoms with Crippen LogP contribution in [0.5, 0.6) is 0 Å². The molecule has 0 radical (unpaired) electrons. The van der Waals surface area contributed by atoms with E-state index in [0.29, 0.717) is 37.7 Å². The van der Waals surface area contributed by atoms with Gasteiger partial charge in [0.15, 0.2) is 6.20 Å². The Labute approximate surface area is 185 Å². The molecule has 0 aliphatic carbocycles. The second kappa shape index (κ2) is 7.04. The minimum atomic E-state index is -4.06. The van der Waals surface area contributed by atoms with Crippen molar-refractivity contribution in [1.82, 2.24) is 5.01 Å². The lowest BCUT2D eigenvalue weighted by molar-refractivity contribution is -0.918. The van der Waals surface area contributed by atoms with Gasteiger partial charge in [0.05, 0.1) is 30.0 Å². The molecule has 0 bridgehead atoms. The summed E-state index contributed by atoms with van der Waals surface area (Å²) in [4.78, 5) is 21.0. The van der Waals surface area contributed by atoms with Crippen LogP contribution in [0.1, 0.15) is 32.3 Å². The highest BCUT2D eigenvalue weighted by Crippen LogP contribution is 2.39. The Hall–Kier alpha value is -2.93. The van der Waals surface area contributed by atoms with Crippen molar-refractivity contribution >= 4 is 45.4 Å². The highest BCUT2D eigenvalue weighted by Gasteiger charge is 2.48. The maximum atomic E-state index is 12.2. The van der Waals surface area contributed by atoms with Crippen LogP contribution in [0.25, 0.3) is 0 Å². The highest BCUT2D eigenvalue weighted by molar-refractivity contribution is 7.86. The summed E-state index contributed by atoms with van der Waals surface area (Å²) in [6.45, 7) is 4.60. The van der Waals surface area contributed by atoms with Crippen molar-refractivity contribution in [2.45, 2.75) is 37.4 Å². The fourth-order valence-corrected chi connectivity index (χ4v) is 5.27. The monoisotopic (exact) mass is 458 g/mol. The third-order valence-electron chi connectivity index (χ3n) is 6.39. The number of anilines is 2. The van der Waals surface area contributed by atoms with Gasteiger partial charge >= 0.3 is 5.84 Å². The van der Waals surface area contributed by atoms with Crippen LogP contribution in [0.2, 0.25) is 0 Å². The van der Waals surface area contributed by atoms with Crippen molar-refractivity contribution in [3.05, 3.63) is 36.2 Å². The number of piperidine rings is 1. The summed E-state index contributed by atoms with van der Waals surface area (Å²) in [5.74, 6) is 0.911. The number of rotatable bonds is 3. The number of nitrogens with zero attached hydrogens (tertiary/aromatic N) is 5. The highest BCUT2D eigenvalue weighted by atomic mass is 32.2. The van der Waals surface area contributed by atoms with Crippen molar-refractivity contribution in [2.24, 2.45) is 15.1 Å². The average Bonchev–Trinajstić information content (AvgIpc) is 3.22. The van der Waals surface area contributed by atoms with Gasteiger partial charge < -0.3 is 10.6 Å². The third-order valence-corrected chi connectivity index (χ3v) is 7.71. The summed E-state index contributed by atoms with van der Waals surface area (Å²) in [6.07, 6.45) is 5.64. The first kappa shape index (κ1) is 20.9. The number of fused-ring (bicyclic) bond motifs is 2. The number of hydrogen-bond donors (Lipinski definition) is 3. The second-order valence-electron chi connectivity index (χ2n) is 8.75. The predicted octanol–water partition coefficient (Wildman–Crippen LogP) is 1.65. The van der Waals surface area contributed by atoms with Gasteiger partial charge in [-0.3, -0.25) is 14.3 Å². The molecule has 4 aliphatic heterocycles. The van der Waals surface area contributed by atoms with Gasteiger partial charge in [-0.2, -0.15) is 8.42 Å². The first-order chi connectivity index (χ1) is 15.1. The Bertz CT molecular complexity index is 1230. The minimum Gasteiger partial charge on any atom is -0.325 e. The third kappa shape index (κ3) is 3.26. The summed E-state index contributed by atoms with van der Waals surface area (Å²) < 4.78 is 32.3. The number of guanidine groups is 1. The predicted molar refractivity (Wildman–Crippen MR) is 121 cm³/mol. The van der Waals surface area contributed by atoms with E-state index in [4.69, 9.17) is 5.10 Å². The molecule has 3 N–H and O–H groups in total. The molecular weight excluding hydrogens is 434 g/mol. The van der Waals surface area contributed by atoms with Gasteiger partial charge in [0.1, 0.15) is 6.21 Å². The van der Waals surface area contributed by atoms with Crippen molar-refractivity contribution in [3.63, 3.8) is 0 Å². The van der Waals surface area contributed by atoms with Gasteiger partial charge in [0, 0.05) is 11.4 Å². The molecule has 1 saturated heterocycles. The Balaban J connectivity index is 1.40. The van der Waals surface area contributed by atoms with E-state index >= 15 is 0 Å². The lowest BCUT2D eigenvalue weighted by atomic mass is 9.86. The fraction of sp³-hybridized carbons (Fsp3) is 0.400. The van der Waals surface area contributed by atoms with Crippen LogP contribution in [0.15, 0.2) is 45.7 Å². The molecule has 4 heterocycles. The molecule has 11 nitrogen and oxygen atoms in total. The van der Waals surface area contributed by atoms with Gasteiger partial charge in [0.25, 0.3) is 16.1 Å². The standard InChI is InChI=1S/C20H23N7O4S/c1-20(2)15-4-3-13(11-16(15)23-18(20)28)22-19-24-17-12-21-7-10-27(17,25-19)26-8-5-14(6-9-26)32(29,30)31/h3-4,7,10-12,14H,5-6,8-9H2,1-2H3,(H2-,22,23,25,28,29,30,31)/p+1. The average molecular weight is 459 g/mol. The molecule has 0 spiro atoms. The molecule has 32 heavy (non-hydrogen) atoms. The lowest BCUT2D eigenvalue weighted by Gasteiger charge is -2.38. The number of carbonyl (C=O) groups is 1. The van der Waals surface area contributed by atoms with Crippen LogP contribution >= 0.6 is 0 Å². The van der Waals surface area contributed by atoms with Crippen molar-refractivity contribution in [3.8, 4) is 0 Å². The molecule has 1 aromatic rings. The summed E-state index contributed by atoms with van der Waals surface area (Å²) in [5, 5.41) is 12.1. The second-order valence-corrected chi connectivity index (χ2v) is 10.4. The zero-order valence-electron chi connectivity index (χ0n) is 17.7. The molecule has 1 fully saturated rings. The largest absolute Gasteiger partial charge is 0.325 e. The first-order valence-corrected chi connectivity index (χ1v) is 11.8. The Morgan fingerprint density at radius 1 is 1.28 bits per heavy atom. The Morgan fingerprint density at radius 3 is 2.75 bits per heavy atom. The van der Waals surface area contributed by atoms with Gasteiger partial charge in [-0.15, -0.1) is 10.0 Å². The molecule has 1 amide bonds. The summed E-state index contributed by atoms with van der Waals surface area (Å²) >= 11 is 0. The van der Waals surface area contributed by atoms with E-state index in [9.17, 15) is 17.8 Å². The number of amidine groups is 1. The molecular formula is C20H24N7O4S+. The van der Waals surface area contributed by atoms with E-state index in [2.05, 4.69) is 20.6 Å². The van der Waals surface area contributed by atoms with E-state index in [1.165, 1.54) is 0 Å². The van der Waals surface area contributed by atoms with E-state index in [-0.39, 0.29) is 10.6 Å². The summed E-state index contributed by atoms with van der Waals surface area (Å²) in [5.41, 5.74) is 1.84. The Morgan fingerprint density at radius 2 is 2.03 bits per heavy atom. The number of aliphatic imine (C=N–C) groups is 2. The quantitative estimate of drug-likeness (QED) is 0.466. The van der Waals surface area contributed by atoms with Crippen LogP contribution < -0.4 is 10.6 Å². The first-order valence-electron chi connectivity index (χ1n) is 10.3. The van der Waals surface area contributed by atoms with Gasteiger partial charge in [-0.1, -0.05) is 6.07 Å². The number of benzene rings is 1. The van der Waals surface area contributed by atoms with Crippen molar-refractivity contribution in [2.75, 3.05) is 23.7 Å². The van der Waals surface area contributed by atoms with E-state index < -0.39 is 20.8 Å². The van der Waals surface area contributed by atoms with Crippen LogP contribution in [-0.4, -0.2) is 64.9 Å². The smallest absolute Gasteiger partial charge is 0.301 e.